The minimum absolute atomic E-state index is 0.0722. The van der Waals surface area contributed by atoms with Crippen molar-refractivity contribution in [2.75, 3.05) is 0 Å². The summed E-state index contributed by atoms with van der Waals surface area (Å²) in [5, 5.41) is 5.19. The summed E-state index contributed by atoms with van der Waals surface area (Å²) in [5.74, 6) is -1.48. The summed E-state index contributed by atoms with van der Waals surface area (Å²) < 4.78 is 19.5. The molecule has 0 aliphatic heterocycles. The molecule has 0 spiro atoms. The van der Waals surface area contributed by atoms with Crippen LogP contribution in [0.2, 0.25) is 0 Å². The van der Waals surface area contributed by atoms with Crippen LogP contribution in [0, 0.1) is 12.7 Å². The number of aromatic amines is 1. The molecule has 5 rings (SSSR count). The quantitative estimate of drug-likeness (QED) is 0.366. The van der Waals surface area contributed by atoms with E-state index in [-0.39, 0.29) is 29.0 Å². The summed E-state index contributed by atoms with van der Waals surface area (Å²) in [6, 6.07) is 15.2. The smallest absolute Gasteiger partial charge is 0.270 e. The molecule has 33 heavy (non-hydrogen) atoms. The Hall–Kier alpha value is -4.53. The highest BCUT2D eigenvalue weighted by Gasteiger charge is 2.21. The van der Waals surface area contributed by atoms with Gasteiger partial charge >= 0.3 is 0 Å². The molecule has 0 radical (unpaired) electrons. The molecule has 8 nitrogen and oxygen atoms in total. The average molecular weight is 443 g/mol. The lowest BCUT2D eigenvalue weighted by atomic mass is 10.0. The number of nitrogens with one attached hydrogen (secondary N) is 3. The third-order valence-corrected chi connectivity index (χ3v) is 5.35. The van der Waals surface area contributed by atoms with Crippen molar-refractivity contribution in [1.82, 2.24) is 26.0 Å². The largest absolute Gasteiger partial charge is 0.361 e. The topological polar surface area (TPSA) is 113 Å². The highest BCUT2D eigenvalue weighted by Crippen LogP contribution is 2.28. The molecule has 5 aromatic rings. The molecule has 9 heteroatoms. The van der Waals surface area contributed by atoms with Crippen LogP contribution in [-0.2, 0) is 11.2 Å². The normalized spacial score (nSPS) is 11.1. The lowest BCUT2D eigenvalue weighted by Gasteiger charge is -2.10. The Morgan fingerprint density at radius 1 is 1.09 bits per heavy atom. The van der Waals surface area contributed by atoms with Crippen molar-refractivity contribution in [3.05, 3.63) is 83.4 Å². The van der Waals surface area contributed by atoms with E-state index in [4.69, 9.17) is 4.52 Å². The molecule has 3 aromatic heterocycles. The molecule has 0 atom stereocenters. The van der Waals surface area contributed by atoms with Crippen LogP contribution < -0.4 is 10.9 Å². The average Bonchev–Trinajstić information content (AvgIpc) is 3.41. The first-order chi connectivity index (χ1) is 16.0. The van der Waals surface area contributed by atoms with Gasteiger partial charge in [-0.05, 0) is 36.8 Å². The third-order valence-electron chi connectivity index (χ3n) is 5.35. The number of carbonyl (C=O) groups excluding carboxylic acids is 2. The maximum absolute atomic E-state index is 14.3. The minimum Gasteiger partial charge on any atom is -0.361 e. The molecule has 164 valence electrons. The van der Waals surface area contributed by atoms with E-state index in [0.29, 0.717) is 11.1 Å². The van der Waals surface area contributed by atoms with E-state index in [1.165, 1.54) is 12.1 Å². The van der Waals surface area contributed by atoms with E-state index in [0.717, 1.165) is 16.5 Å². The number of carbonyl (C=O) groups is 2. The summed E-state index contributed by atoms with van der Waals surface area (Å²) >= 11 is 0. The van der Waals surface area contributed by atoms with Crippen LogP contribution in [0.3, 0.4) is 0 Å². The zero-order valence-electron chi connectivity index (χ0n) is 17.5. The van der Waals surface area contributed by atoms with Gasteiger partial charge in [-0.15, -0.1) is 0 Å². The second kappa shape index (κ2) is 8.19. The van der Waals surface area contributed by atoms with E-state index in [1.807, 2.05) is 24.3 Å². The summed E-state index contributed by atoms with van der Waals surface area (Å²) in [5.41, 5.74) is 7.72. The number of hydrogen-bond acceptors (Lipinski definition) is 5. The molecule has 0 unspecified atom stereocenters. The summed E-state index contributed by atoms with van der Waals surface area (Å²) in [4.78, 5) is 32.9. The predicted molar refractivity (Wildman–Crippen MR) is 120 cm³/mol. The number of hydrazine groups is 1. The van der Waals surface area contributed by atoms with Crippen molar-refractivity contribution in [3.63, 3.8) is 0 Å². The number of H-pyrrole nitrogens is 1. The number of hydrogen-bond donors (Lipinski definition) is 3. The zero-order valence-corrected chi connectivity index (χ0v) is 17.5. The summed E-state index contributed by atoms with van der Waals surface area (Å²) in [7, 11) is 0. The van der Waals surface area contributed by atoms with Crippen LogP contribution in [0.15, 0.2) is 65.3 Å². The Morgan fingerprint density at radius 3 is 2.73 bits per heavy atom. The third kappa shape index (κ3) is 3.80. The van der Waals surface area contributed by atoms with Crippen LogP contribution in [0.5, 0.6) is 0 Å². The number of pyridine rings is 1. The number of para-hydroxylation sites is 1. The molecule has 2 aromatic carbocycles. The second-order valence-electron chi connectivity index (χ2n) is 7.52. The van der Waals surface area contributed by atoms with Gasteiger partial charge in [0.2, 0.25) is 5.91 Å². The first-order valence-corrected chi connectivity index (χ1v) is 10.2. The summed E-state index contributed by atoms with van der Waals surface area (Å²) in [6.07, 6.45) is 1.84. The molecule has 0 aliphatic carbocycles. The Bertz CT molecular complexity index is 1520. The maximum atomic E-state index is 14.3. The van der Waals surface area contributed by atoms with E-state index >= 15 is 0 Å². The first-order valence-electron chi connectivity index (χ1n) is 10.2. The summed E-state index contributed by atoms with van der Waals surface area (Å²) in [6.45, 7) is 1.67. The number of aryl methyl sites for hydroxylation is 1. The highest BCUT2D eigenvalue weighted by molar-refractivity contribution is 6.07. The van der Waals surface area contributed by atoms with Gasteiger partial charge in [0.05, 0.1) is 28.8 Å². The van der Waals surface area contributed by atoms with E-state index in [2.05, 4.69) is 26.0 Å². The lowest BCUT2D eigenvalue weighted by Crippen LogP contribution is -2.42. The van der Waals surface area contributed by atoms with Gasteiger partial charge in [-0.3, -0.25) is 20.4 Å². The molecule has 0 fully saturated rings. The predicted octanol–water partition coefficient (Wildman–Crippen LogP) is 3.82. The van der Waals surface area contributed by atoms with Crippen LogP contribution in [0.1, 0.15) is 21.6 Å². The Kier molecular flexibility index (Phi) is 5.06. The Morgan fingerprint density at radius 2 is 1.88 bits per heavy atom. The van der Waals surface area contributed by atoms with E-state index < -0.39 is 17.6 Å². The van der Waals surface area contributed by atoms with E-state index in [9.17, 15) is 14.0 Å². The molecule has 0 saturated heterocycles. The van der Waals surface area contributed by atoms with Gasteiger partial charge in [-0.1, -0.05) is 35.5 Å². The van der Waals surface area contributed by atoms with Gasteiger partial charge < -0.3 is 9.51 Å². The fraction of sp³-hybridized carbons (Fsp3) is 0.0833. The SMILES string of the molecule is Cc1noc2nc(-c3ccccc3F)cc(C(=O)NNC(=O)Cc3c[nH]c4ccccc34)c12. The molecule has 0 saturated carbocycles. The number of fused-ring (bicyclic) bond motifs is 2. The standard InChI is InChI=1S/C24H18FN5O3/c1-13-22-17(11-20(27-24(22)33-30-13)16-7-2-4-8-18(16)25)23(32)29-28-21(31)10-14-12-26-19-9-5-3-6-15(14)19/h2-9,11-12,26H,10H2,1H3,(H,28,31)(H,29,32). The number of rotatable bonds is 4. The molecule has 3 N–H and O–H groups in total. The monoisotopic (exact) mass is 443 g/mol. The van der Waals surface area contributed by atoms with Crippen molar-refractivity contribution < 1.29 is 18.5 Å². The van der Waals surface area contributed by atoms with Gasteiger partial charge in [0.1, 0.15) is 5.82 Å². The second-order valence-corrected chi connectivity index (χ2v) is 7.52. The number of benzene rings is 2. The number of halogens is 1. The van der Waals surface area contributed by atoms with E-state index in [1.54, 1.807) is 31.3 Å². The van der Waals surface area contributed by atoms with Crippen LogP contribution in [0.4, 0.5) is 4.39 Å². The molecule has 0 bridgehead atoms. The number of aromatic nitrogens is 3. The lowest BCUT2D eigenvalue weighted by molar-refractivity contribution is -0.121. The molecule has 2 amide bonds. The van der Waals surface area contributed by atoms with Crippen molar-refractivity contribution in [1.29, 1.82) is 0 Å². The molecule has 3 heterocycles. The van der Waals surface area contributed by atoms with Crippen molar-refractivity contribution >= 4 is 33.8 Å². The fourth-order valence-electron chi connectivity index (χ4n) is 3.77. The van der Waals surface area contributed by atoms with Gasteiger partial charge in [-0.25, -0.2) is 9.37 Å². The van der Waals surface area contributed by atoms with Crippen molar-refractivity contribution in [2.45, 2.75) is 13.3 Å². The minimum atomic E-state index is -0.599. The van der Waals surface area contributed by atoms with Crippen LogP contribution >= 0.6 is 0 Å². The van der Waals surface area contributed by atoms with Crippen molar-refractivity contribution in [2.24, 2.45) is 0 Å². The van der Waals surface area contributed by atoms with Gasteiger partial charge in [0.25, 0.3) is 11.6 Å². The Balaban J connectivity index is 1.39. The molecular weight excluding hydrogens is 425 g/mol. The van der Waals surface area contributed by atoms with Crippen molar-refractivity contribution in [3.8, 4) is 11.3 Å². The number of amides is 2. The van der Waals surface area contributed by atoms with Gasteiger partial charge in [0.15, 0.2) is 0 Å². The first kappa shape index (κ1) is 20.4. The van der Waals surface area contributed by atoms with Crippen LogP contribution in [0.25, 0.3) is 33.3 Å². The maximum Gasteiger partial charge on any atom is 0.270 e. The number of nitrogens with zero attached hydrogens (tertiary/aromatic N) is 2. The molecule has 0 aliphatic rings. The fourth-order valence-corrected chi connectivity index (χ4v) is 3.77. The van der Waals surface area contributed by atoms with Crippen LogP contribution in [-0.4, -0.2) is 26.9 Å². The van der Waals surface area contributed by atoms with Gasteiger partial charge in [0, 0.05) is 22.7 Å². The highest BCUT2D eigenvalue weighted by atomic mass is 19.1. The Labute approximate surface area is 186 Å². The zero-order chi connectivity index (χ0) is 22.9. The molecular formula is C24H18FN5O3. The van der Waals surface area contributed by atoms with Gasteiger partial charge in [-0.2, -0.15) is 0 Å².